The molecule has 2 nitrogen and oxygen atoms in total. The van der Waals surface area contributed by atoms with E-state index in [-0.39, 0.29) is 5.41 Å². The molecule has 0 N–H and O–H groups in total. The second-order valence-corrected chi connectivity index (χ2v) is 6.06. The number of hydrogen-bond donors (Lipinski definition) is 0. The van der Waals surface area contributed by atoms with E-state index in [1.54, 1.807) is 0 Å². The van der Waals surface area contributed by atoms with E-state index >= 15 is 0 Å². The highest BCUT2D eigenvalue weighted by Gasteiger charge is 2.38. The van der Waals surface area contributed by atoms with Crippen LogP contribution in [-0.2, 0) is 16.1 Å². The number of ether oxygens (including phenoxy) is 1. The Bertz CT molecular complexity index is 409. The van der Waals surface area contributed by atoms with Crippen molar-refractivity contribution in [3.63, 3.8) is 0 Å². The van der Waals surface area contributed by atoms with Gasteiger partial charge >= 0.3 is 0 Å². The smallest absolute Gasteiger partial charge is 0.138 e. The summed E-state index contributed by atoms with van der Waals surface area (Å²) in [6, 6.07) is 10.2. The first-order valence-electron chi connectivity index (χ1n) is 7.25. The molecule has 1 aliphatic carbocycles. The summed E-state index contributed by atoms with van der Waals surface area (Å²) in [5.41, 5.74) is 1.05. The van der Waals surface area contributed by atoms with Crippen molar-refractivity contribution < 1.29 is 9.53 Å². The van der Waals surface area contributed by atoms with Crippen molar-refractivity contribution >= 4 is 5.78 Å². The number of ketones is 1. The minimum Gasteiger partial charge on any atom is -0.377 e. The molecule has 0 bridgehead atoms. The third-order valence-electron chi connectivity index (χ3n) is 4.42. The lowest BCUT2D eigenvalue weighted by molar-refractivity contribution is -0.133. The van der Waals surface area contributed by atoms with Crippen LogP contribution in [-0.4, -0.2) is 12.4 Å². The fourth-order valence-corrected chi connectivity index (χ4v) is 2.91. The molecule has 0 amide bonds. The molecule has 1 atom stereocenters. The van der Waals surface area contributed by atoms with Gasteiger partial charge in [-0.15, -0.1) is 0 Å². The van der Waals surface area contributed by atoms with Gasteiger partial charge in [-0.25, -0.2) is 0 Å². The Kier molecular flexibility index (Phi) is 4.76. The van der Waals surface area contributed by atoms with E-state index in [0.717, 1.165) is 32.3 Å². The lowest BCUT2D eigenvalue weighted by Gasteiger charge is -2.37. The Morgan fingerprint density at radius 3 is 2.74 bits per heavy atom. The molecule has 1 aromatic carbocycles. The number of benzene rings is 1. The maximum absolute atomic E-state index is 11.9. The van der Waals surface area contributed by atoms with Crippen LogP contribution in [0, 0.1) is 11.3 Å². The topological polar surface area (TPSA) is 26.3 Å². The number of carbonyl (C=O) groups is 1. The molecule has 0 aliphatic heterocycles. The molecule has 0 aromatic heterocycles. The van der Waals surface area contributed by atoms with Gasteiger partial charge < -0.3 is 4.74 Å². The van der Waals surface area contributed by atoms with Crippen LogP contribution in [0.3, 0.4) is 0 Å². The van der Waals surface area contributed by atoms with Gasteiger partial charge in [0.1, 0.15) is 5.78 Å². The number of rotatable bonds is 5. The zero-order valence-corrected chi connectivity index (χ0v) is 12.0. The van der Waals surface area contributed by atoms with Crippen LogP contribution in [0.25, 0.3) is 0 Å². The highest BCUT2D eigenvalue weighted by atomic mass is 16.5. The number of hydrogen-bond acceptors (Lipinski definition) is 2. The lowest BCUT2D eigenvalue weighted by atomic mass is 9.67. The van der Waals surface area contributed by atoms with E-state index < -0.39 is 0 Å². The molecule has 1 fully saturated rings. The summed E-state index contributed by atoms with van der Waals surface area (Å²) < 4.78 is 5.74. The zero-order valence-electron chi connectivity index (χ0n) is 12.0. The number of carbonyl (C=O) groups excluding carboxylic acids is 1. The van der Waals surface area contributed by atoms with Gasteiger partial charge in [0.2, 0.25) is 0 Å². The summed E-state index contributed by atoms with van der Waals surface area (Å²) in [4.78, 5) is 11.9. The normalized spacial score (nSPS) is 22.4. The van der Waals surface area contributed by atoms with Gasteiger partial charge in [-0.1, -0.05) is 44.2 Å². The van der Waals surface area contributed by atoms with Crippen molar-refractivity contribution in [1.82, 2.24) is 0 Å². The van der Waals surface area contributed by atoms with E-state index in [1.807, 2.05) is 18.2 Å². The fraction of sp³-hybridized carbons (Fsp3) is 0.588. The van der Waals surface area contributed by atoms with E-state index in [4.69, 9.17) is 4.74 Å². The minimum atomic E-state index is -0.158. The molecule has 1 aromatic rings. The van der Waals surface area contributed by atoms with Crippen molar-refractivity contribution in [3.8, 4) is 0 Å². The predicted octanol–water partition coefficient (Wildman–Crippen LogP) is 3.99. The second kappa shape index (κ2) is 6.33. The fourth-order valence-electron chi connectivity index (χ4n) is 2.91. The molecular weight excluding hydrogens is 236 g/mol. The van der Waals surface area contributed by atoms with Crippen molar-refractivity contribution in [2.24, 2.45) is 11.3 Å². The van der Waals surface area contributed by atoms with Crippen molar-refractivity contribution in [1.29, 1.82) is 0 Å². The molecule has 1 aliphatic rings. The monoisotopic (exact) mass is 260 g/mol. The summed E-state index contributed by atoms with van der Waals surface area (Å²) in [7, 11) is 0. The average molecular weight is 260 g/mol. The van der Waals surface area contributed by atoms with Gasteiger partial charge in [-0.2, -0.15) is 0 Å². The molecular formula is C17H24O2. The van der Waals surface area contributed by atoms with Crippen LogP contribution in [0.15, 0.2) is 30.3 Å². The molecule has 1 unspecified atom stereocenters. The van der Waals surface area contributed by atoms with Gasteiger partial charge in [0.05, 0.1) is 6.61 Å². The summed E-state index contributed by atoms with van der Waals surface area (Å²) >= 11 is 0. The largest absolute Gasteiger partial charge is 0.377 e. The van der Waals surface area contributed by atoms with Gasteiger partial charge in [-0.05, 0) is 30.7 Å². The summed E-state index contributed by atoms with van der Waals surface area (Å²) in [6.45, 7) is 5.60. The second-order valence-electron chi connectivity index (χ2n) is 6.06. The standard InChI is InChI=1S/C17H24O2/c1-17(2)15(9-6-10-16(17)18)11-12-19-13-14-7-4-3-5-8-14/h3-5,7-8,15H,6,9-13H2,1-2H3. The molecule has 0 saturated heterocycles. The van der Waals surface area contributed by atoms with Crippen LogP contribution in [0.2, 0.25) is 0 Å². The van der Waals surface area contributed by atoms with Crippen LogP contribution in [0.5, 0.6) is 0 Å². The van der Waals surface area contributed by atoms with E-state index in [1.165, 1.54) is 5.56 Å². The maximum atomic E-state index is 11.9. The van der Waals surface area contributed by atoms with E-state index in [2.05, 4.69) is 26.0 Å². The van der Waals surface area contributed by atoms with E-state index in [9.17, 15) is 4.79 Å². The Morgan fingerprint density at radius 2 is 2.00 bits per heavy atom. The third-order valence-corrected chi connectivity index (χ3v) is 4.42. The Labute approximate surface area is 116 Å². The quantitative estimate of drug-likeness (QED) is 0.748. The summed E-state index contributed by atoms with van der Waals surface area (Å²) in [6.07, 6.45) is 3.96. The molecule has 0 spiro atoms. The molecule has 2 heteroatoms. The Balaban J connectivity index is 1.75. The molecule has 104 valence electrons. The van der Waals surface area contributed by atoms with Crippen molar-refractivity contribution in [3.05, 3.63) is 35.9 Å². The van der Waals surface area contributed by atoms with Gasteiger partial charge in [0, 0.05) is 18.4 Å². The van der Waals surface area contributed by atoms with Crippen molar-refractivity contribution in [2.75, 3.05) is 6.61 Å². The first kappa shape index (κ1) is 14.3. The third kappa shape index (κ3) is 3.66. The SMILES string of the molecule is CC1(C)C(=O)CCCC1CCOCc1ccccc1. The van der Waals surface area contributed by atoms with Crippen LogP contribution in [0.4, 0.5) is 0 Å². The lowest BCUT2D eigenvalue weighted by Crippen LogP contribution is -2.37. The number of Topliss-reactive ketones (excluding diaryl/α,β-unsaturated/α-hetero) is 1. The highest BCUT2D eigenvalue weighted by molar-refractivity contribution is 5.85. The maximum Gasteiger partial charge on any atom is 0.138 e. The van der Waals surface area contributed by atoms with Gasteiger partial charge in [0.25, 0.3) is 0 Å². The molecule has 1 saturated carbocycles. The summed E-state index contributed by atoms with van der Waals surface area (Å²) in [5, 5.41) is 0. The van der Waals surface area contributed by atoms with Crippen LogP contribution < -0.4 is 0 Å². The summed E-state index contributed by atoms with van der Waals surface area (Å²) in [5.74, 6) is 0.899. The van der Waals surface area contributed by atoms with Gasteiger partial charge in [0.15, 0.2) is 0 Å². The molecule has 0 radical (unpaired) electrons. The van der Waals surface area contributed by atoms with E-state index in [0.29, 0.717) is 18.3 Å². The molecule has 2 rings (SSSR count). The molecule has 0 heterocycles. The zero-order chi connectivity index (χ0) is 13.7. The first-order valence-corrected chi connectivity index (χ1v) is 7.25. The molecule has 19 heavy (non-hydrogen) atoms. The minimum absolute atomic E-state index is 0.158. The first-order chi connectivity index (χ1) is 9.10. The van der Waals surface area contributed by atoms with Crippen molar-refractivity contribution in [2.45, 2.75) is 46.1 Å². The highest BCUT2D eigenvalue weighted by Crippen LogP contribution is 2.39. The Hall–Kier alpha value is -1.15. The van der Waals surface area contributed by atoms with Crippen LogP contribution >= 0.6 is 0 Å². The predicted molar refractivity (Wildman–Crippen MR) is 76.8 cm³/mol. The Morgan fingerprint density at radius 1 is 1.26 bits per heavy atom. The van der Waals surface area contributed by atoms with Gasteiger partial charge in [-0.3, -0.25) is 4.79 Å². The average Bonchev–Trinajstić information content (AvgIpc) is 2.41. The van der Waals surface area contributed by atoms with Crippen LogP contribution in [0.1, 0.15) is 45.1 Å².